The molecular weight excluding hydrogens is 220 g/mol. The van der Waals surface area contributed by atoms with Gasteiger partial charge in [-0.15, -0.1) is 0 Å². The Balaban J connectivity index is 2.12. The first-order chi connectivity index (χ1) is 7.74. The van der Waals surface area contributed by atoms with E-state index in [2.05, 4.69) is 16.8 Å². The van der Waals surface area contributed by atoms with Gasteiger partial charge in [0, 0.05) is 6.54 Å². The predicted octanol–water partition coefficient (Wildman–Crippen LogP) is 2.15. The van der Waals surface area contributed by atoms with Gasteiger partial charge in [-0.3, -0.25) is 4.79 Å². The van der Waals surface area contributed by atoms with E-state index in [1.165, 1.54) is 5.56 Å². The van der Waals surface area contributed by atoms with Gasteiger partial charge in [0.05, 0.1) is 12.1 Å². The van der Waals surface area contributed by atoms with Gasteiger partial charge in [0.2, 0.25) is 5.91 Å². The summed E-state index contributed by atoms with van der Waals surface area (Å²) in [5.41, 5.74) is 7.09. The van der Waals surface area contributed by atoms with Crippen LogP contribution in [-0.2, 0) is 4.79 Å². The number of rotatable bonds is 3. The van der Waals surface area contributed by atoms with Crippen LogP contribution in [0.3, 0.4) is 0 Å². The lowest BCUT2D eigenvalue weighted by molar-refractivity contribution is -0.133. The fourth-order valence-corrected chi connectivity index (χ4v) is 2.94. The van der Waals surface area contributed by atoms with Gasteiger partial charge in [-0.05, 0) is 41.7 Å². The van der Waals surface area contributed by atoms with Crippen molar-refractivity contribution in [2.75, 3.05) is 6.54 Å². The molecule has 2 atom stereocenters. The van der Waals surface area contributed by atoms with Crippen LogP contribution in [0.5, 0.6) is 0 Å². The summed E-state index contributed by atoms with van der Waals surface area (Å²) in [6.45, 7) is 2.81. The van der Waals surface area contributed by atoms with Crippen LogP contribution in [0.25, 0.3) is 0 Å². The highest BCUT2D eigenvalue weighted by Gasteiger charge is 2.32. The van der Waals surface area contributed by atoms with Crippen LogP contribution in [0.15, 0.2) is 16.8 Å². The normalized spacial score (nSPS) is 22.4. The second-order valence-corrected chi connectivity index (χ2v) is 5.04. The molecule has 0 bridgehead atoms. The average molecular weight is 238 g/mol. The molecule has 88 valence electrons. The van der Waals surface area contributed by atoms with E-state index in [4.69, 9.17) is 5.73 Å². The van der Waals surface area contributed by atoms with Crippen molar-refractivity contribution in [2.24, 2.45) is 5.73 Å². The van der Waals surface area contributed by atoms with Gasteiger partial charge in [-0.2, -0.15) is 11.3 Å². The zero-order chi connectivity index (χ0) is 11.5. The summed E-state index contributed by atoms with van der Waals surface area (Å²) in [5.74, 6) is 0.108. The molecule has 0 saturated carbocycles. The lowest BCUT2D eigenvalue weighted by Crippen LogP contribution is -2.42. The second-order valence-electron chi connectivity index (χ2n) is 4.26. The van der Waals surface area contributed by atoms with Crippen LogP contribution in [-0.4, -0.2) is 23.4 Å². The van der Waals surface area contributed by atoms with Crippen LogP contribution in [0, 0.1) is 0 Å². The van der Waals surface area contributed by atoms with E-state index < -0.39 is 0 Å². The van der Waals surface area contributed by atoms with Gasteiger partial charge in [0.15, 0.2) is 0 Å². The number of hydrogen-bond donors (Lipinski definition) is 1. The number of carbonyl (C=O) groups excluding carboxylic acids is 1. The molecule has 0 aliphatic carbocycles. The van der Waals surface area contributed by atoms with Crippen molar-refractivity contribution >= 4 is 17.2 Å². The van der Waals surface area contributed by atoms with E-state index in [9.17, 15) is 4.79 Å². The average Bonchev–Trinajstić information content (AvgIpc) is 2.95. The number of thiophene rings is 1. The van der Waals surface area contributed by atoms with Crippen LogP contribution in [0.4, 0.5) is 0 Å². The molecule has 1 amide bonds. The molecule has 0 aromatic carbocycles. The molecule has 1 saturated heterocycles. The zero-order valence-electron chi connectivity index (χ0n) is 9.56. The van der Waals surface area contributed by atoms with Crippen molar-refractivity contribution in [2.45, 2.75) is 38.3 Å². The molecule has 16 heavy (non-hydrogen) atoms. The molecule has 1 aliphatic rings. The minimum atomic E-state index is -0.334. The smallest absolute Gasteiger partial charge is 0.239 e. The summed E-state index contributed by atoms with van der Waals surface area (Å²) in [6, 6.07) is 2.04. The van der Waals surface area contributed by atoms with E-state index in [-0.39, 0.29) is 18.0 Å². The lowest BCUT2D eigenvalue weighted by Gasteiger charge is -2.26. The van der Waals surface area contributed by atoms with Gasteiger partial charge in [0.25, 0.3) is 0 Å². The van der Waals surface area contributed by atoms with Crippen molar-refractivity contribution in [3.05, 3.63) is 22.4 Å². The Labute approximate surface area is 100 Å². The minimum Gasteiger partial charge on any atom is -0.334 e. The van der Waals surface area contributed by atoms with Gasteiger partial charge in [-0.25, -0.2) is 0 Å². The van der Waals surface area contributed by atoms with Crippen molar-refractivity contribution in [1.82, 2.24) is 4.90 Å². The zero-order valence-corrected chi connectivity index (χ0v) is 10.4. The third-order valence-corrected chi connectivity index (χ3v) is 3.92. The maximum atomic E-state index is 12.1. The number of amides is 1. The van der Waals surface area contributed by atoms with Gasteiger partial charge < -0.3 is 10.6 Å². The summed E-state index contributed by atoms with van der Waals surface area (Å²) >= 11 is 1.69. The molecule has 3 nitrogen and oxygen atoms in total. The molecule has 1 aromatic heterocycles. The van der Waals surface area contributed by atoms with E-state index >= 15 is 0 Å². The monoisotopic (exact) mass is 238 g/mol. The highest BCUT2D eigenvalue weighted by molar-refractivity contribution is 7.07. The van der Waals surface area contributed by atoms with Crippen LogP contribution in [0.1, 0.15) is 37.8 Å². The molecule has 0 radical (unpaired) electrons. The van der Waals surface area contributed by atoms with Crippen LogP contribution in [0.2, 0.25) is 0 Å². The number of hydrogen-bond acceptors (Lipinski definition) is 3. The minimum absolute atomic E-state index is 0.108. The Morgan fingerprint density at radius 3 is 3.19 bits per heavy atom. The molecular formula is C12H18N2OS. The van der Waals surface area contributed by atoms with E-state index in [0.717, 1.165) is 19.4 Å². The Morgan fingerprint density at radius 1 is 1.75 bits per heavy atom. The first kappa shape index (κ1) is 11.6. The summed E-state index contributed by atoms with van der Waals surface area (Å²) in [4.78, 5) is 14.0. The van der Waals surface area contributed by atoms with Gasteiger partial charge in [-0.1, -0.05) is 6.92 Å². The summed E-state index contributed by atoms with van der Waals surface area (Å²) < 4.78 is 0. The standard InChI is InChI=1S/C12H18N2OS/c1-2-10(13)12(15)14-6-3-4-11(14)9-5-7-16-8-9/h5,7-8,10-11H,2-4,6,13H2,1H3/t10-,11?/m0/s1. The maximum absolute atomic E-state index is 12.1. The van der Waals surface area contributed by atoms with Gasteiger partial charge in [0.1, 0.15) is 0 Å². The Kier molecular flexibility index (Phi) is 3.61. The van der Waals surface area contributed by atoms with Crippen LogP contribution >= 0.6 is 11.3 Å². The van der Waals surface area contributed by atoms with Crippen molar-refractivity contribution in [3.8, 4) is 0 Å². The Bertz CT molecular complexity index is 350. The highest BCUT2D eigenvalue weighted by Crippen LogP contribution is 2.33. The molecule has 1 aliphatic heterocycles. The molecule has 2 heterocycles. The molecule has 1 aromatic rings. The third kappa shape index (κ3) is 2.13. The van der Waals surface area contributed by atoms with Crippen molar-refractivity contribution in [1.29, 1.82) is 0 Å². The van der Waals surface area contributed by atoms with Crippen LogP contribution < -0.4 is 5.73 Å². The number of nitrogens with zero attached hydrogens (tertiary/aromatic N) is 1. The fraction of sp³-hybridized carbons (Fsp3) is 0.583. The van der Waals surface area contributed by atoms with E-state index in [1.54, 1.807) is 11.3 Å². The Hall–Kier alpha value is -0.870. The Morgan fingerprint density at radius 2 is 2.56 bits per heavy atom. The van der Waals surface area contributed by atoms with Crippen molar-refractivity contribution < 1.29 is 4.79 Å². The predicted molar refractivity (Wildman–Crippen MR) is 66.3 cm³/mol. The largest absolute Gasteiger partial charge is 0.334 e. The van der Waals surface area contributed by atoms with Crippen molar-refractivity contribution in [3.63, 3.8) is 0 Å². The molecule has 2 rings (SSSR count). The number of carbonyl (C=O) groups is 1. The highest BCUT2D eigenvalue weighted by atomic mass is 32.1. The molecule has 4 heteroatoms. The quantitative estimate of drug-likeness (QED) is 0.877. The molecule has 1 fully saturated rings. The lowest BCUT2D eigenvalue weighted by atomic mass is 10.1. The van der Waals surface area contributed by atoms with E-state index in [0.29, 0.717) is 6.42 Å². The fourth-order valence-electron chi connectivity index (χ4n) is 2.23. The maximum Gasteiger partial charge on any atom is 0.239 e. The first-order valence-electron chi connectivity index (χ1n) is 5.82. The summed E-state index contributed by atoms with van der Waals surface area (Å²) in [5, 5.41) is 4.20. The summed E-state index contributed by atoms with van der Waals surface area (Å²) in [6.07, 6.45) is 2.87. The molecule has 2 N–H and O–H groups in total. The third-order valence-electron chi connectivity index (χ3n) is 3.22. The van der Waals surface area contributed by atoms with Gasteiger partial charge >= 0.3 is 0 Å². The number of likely N-dealkylation sites (tertiary alicyclic amines) is 1. The summed E-state index contributed by atoms with van der Waals surface area (Å²) in [7, 11) is 0. The first-order valence-corrected chi connectivity index (χ1v) is 6.76. The van der Waals surface area contributed by atoms with E-state index in [1.807, 2.05) is 11.8 Å². The SMILES string of the molecule is CC[C@H](N)C(=O)N1CCCC1c1ccsc1. The number of nitrogens with two attached hydrogens (primary N) is 1. The molecule has 1 unspecified atom stereocenters. The second kappa shape index (κ2) is 4.97. The molecule has 0 spiro atoms. The topological polar surface area (TPSA) is 46.3 Å².